The Bertz CT molecular complexity index is 1520. The highest BCUT2D eigenvalue weighted by molar-refractivity contribution is 7.98. The second-order valence-corrected chi connectivity index (χ2v) is 10.2. The van der Waals surface area contributed by atoms with Crippen LogP contribution in [0.25, 0.3) is 22.1 Å². The molecule has 2 heterocycles. The van der Waals surface area contributed by atoms with Gasteiger partial charge in [-0.1, -0.05) is 95.8 Å². The van der Waals surface area contributed by atoms with E-state index in [1.165, 1.54) is 29.0 Å². The number of nitrogens with zero attached hydrogens (tertiary/aromatic N) is 2. The SMILES string of the molecule is Cc1cccc(CSc2nc3ccccc3[nH]2)c1.Fc1ccccc1CSc1nc2ccccc2[nH]1. The Morgan fingerprint density at radius 2 is 1.25 bits per heavy atom. The number of aromatic amines is 2. The minimum Gasteiger partial charge on any atom is -0.333 e. The van der Waals surface area contributed by atoms with E-state index in [0.29, 0.717) is 11.3 Å². The van der Waals surface area contributed by atoms with Crippen LogP contribution in [0.2, 0.25) is 0 Å². The summed E-state index contributed by atoms with van der Waals surface area (Å²) in [7, 11) is 0. The van der Waals surface area contributed by atoms with Crippen LogP contribution < -0.4 is 0 Å². The third-order valence-corrected chi connectivity index (χ3v) is 7.38. The highest BCUT2D eigenvalue weighted by atomic mass is 32.2. The van der Waals surface area contributed by atoms with Crippen LogP contribution in [0.5, 0.6) is 0 Å². The van der Waals surface area contributed by atoms with Crippen LogP contribution >= 0.6 is 23.5 Å². The molecular formula is C29H25FN4S2. The maximum absolute atomic E-state index is 13.5. The normalized spacial score (nSPS) is 10.9. The van der Waals surface area contributed by atoms with E-state index in [0.717, 1.165) is 38.1 Å². The van der Waals surface area contributed by atoms with Crippen molar-refractivity contribution in [3.05, 3.63) is 120 Å². The maximum Gasteiger partial charge on any atom is 0.166 e. The van der Waals surface area contributed by atoms with Crippen molar-refractivity contribution in [1.82, 2.24) is 19.9 Å². The van der Waals surface area contributed by atoms with E-state index in [2.05, 4.69) is 57.2 Å². The van der Waals surface area contributed by atoms with Gasteiger partial charge in [-0.3, -0.25) is 0 Å². The van der Waals surface area contributed by atoms with Crippen LogP contribution in [-0.2, 0) is 11.5 Å². The van der Waals surface area contributed by atoms with Crippen molar-refractivity contribution in [3.63, 3.8) is 0 Å². The molecule has 0 aliphatic carbocycles. The van der Waals surface area contributed by atoms with Gasteiger partial charge in [-0.15, -0.1) is 0 Å². The number of aromatic nitrogens is 4. The van der Waals surface area contributed by atoms with Crippen molar-refractivity contribution in [1.29, 1.82) is 0 Å². The lowest BCUT2D eigenvalue weighted by Gasteiger charge is -2.00. The number of thioether (sulfide) groups is 2. The molecule has 6 rings (SSSR count). The van der Waals surface area contributed by atoms with Crippen molar-refractivity contribution in [2.75, 3.05) is 0 Å². The summed E-state index contributed by atoms with van der Waals surface area (Å²) in [6.45, 7) is 2.12. The zero-order valence-electron chi connectivity index (χ0n) is 19.7. The Balaban J connectivity index is 0.000000148. The quantitative estimate of drug-likeness (QED) is 0.221. The molecule has 0 atom stereocenters. The monoisotopic (exact) mass is 512 g/mol. The number of para-hydroxylation sites is 4. The van der Waals surface area contributed by atoms with E-state index in [1.807, 2.05) is 48.5 Å². The number of halogens is 1. The molecule has 6 aromatic rings. The molecule has 0 saturated heterocycles. The van der Waals surface area contributed by atoms with Gasteiger partial charge in [0.05, 0.1) is 22.1 Å². The second-order valence-electron chi connectivity index (χ2n) is 8.28. The molecule has 4 aromatic carbocycles. The number of fused-ring (bicyclic) bond motifs is 2. The third-order valence-electron chi connectivity index (χ3n) is 5.52. The summed E-state index contributed by atoms with van der Waals surface area (Å²) >= 11 is 3.25. The standard InChI is InChI=1S/C15H14N2S.C14H11FN2S/c1-11-5-4-6-12(9-11)10-18-15-16-13-7-2-3-8-14(13)17-15;15-11-6-2-1-5-10(11)9-18-14-16-12-7-3-4-8-13(12)17-14/h2-9H,10H2,1H3,(H,16,17);1-8H,9H2,(H,16,17). The first kappa shape index (κ1) is 24.2. The minimum atomic E-state index is -0.166. The molecule has 0 radical (unpaired) electrons. The van der Waals surface area contributed by atoms with Gasteiger partial charge in [0.25, 0.3) is 0 Å². The van der Waals surface area contributed by atoms with Crippen molar-refractivity contribution in [3.8, 4) is 0 Å². The van der Waals surface area contributed by atoms with Crippen molar-refractivity contribution in [2.24, 2.45) is 0 Å². The Hall–Kier alpha value is -3.55. The average Bonchev–Trinajstić information content (AvgIpc) is 3.51. The van der Waals surface area contributed by atoms with E-state index < -0.39 is 0 Å². The van der Waals surface area contributed by atoms with Crippen LogP contribution in [0.15, 0.2) is 107 Å². The first-order valence-electron chi connectivity index (χ1n) is 11.6. The highest BCUT2D eigenvalue weighted by Crippen LogP contribution is 2.24. The van der Waals surface area contributed by atoms with E-state index in [1.54, 1.807) is 23.9 Å². The summed E-state index contributed by atoms with van der Waals surface area (Å²) in [6.07, 6.45) is 0. The summed E-state index contributed by atoms with van der Waals surface area (Å²) in [6, 6.07) is 31.4. The number of rotatable bonds is 6. The topological polar surface area (TPSA) is 57.4 Å². The number of nitrogens with one attached hydrogen (secondary N) is 2. The van der Waals surface area contributed by atoms with Gasteiger partial charge in [0.2, 0.25) is 0 Å². The highest BCUT2D eigenvalue weighted by Gasteiger charge is 2.06. The summed E-state index contributed by atoms with van der Waals surface area (Å²) in [5.41, 5.74) is 7.41. The zero-order valence-corrected chi connectivity index (χ0v) is 21.4. The fraction of sp³-hybridized carbons (Fsp3) is 0.103. The average molecular weight is 513 g/mol. The molecule has 0 bridgehead atoms. The number of hydrogen-bond acceptors (Lipinski definition) is 4. The van der Waals surface area contributed by atoms with Crippen LogP contribution in [0, 0.1) is 12.7 Å². The molecule has 180 valence electrons. The number of hydrogen-bond donors (Lipinski definition) is 2. The number of H-pyrrole nitrogens is 2. The molecule has 2 N–H and O–H groups in total. The molecule has 0 spiro atoms. The Morgan fingerprint density at radius 1 is 0.667 bits per heavy atom. The maximum atomic E-state index is 13.5. The third kappa shape index (κ3) is 6.17. The molecular weight excluding hydrogens is 487 g/mol. The van der Waals surface area contributed by atoms with Crippen molar-refractivity contribution in [2.45, 2.75) is 28.7 Å². The van der Waals surface area contributed by atoms with Crippen LogP contribution in [-0.4, -0.2) is 19.9 Å². The summed E-state index contributed by atoms with van der Waals surface area (Å²) < 4.78 is 13.5. The summed E-state index contributed by atoms with van der Waals surface area (Å²) in [5.74, 6) is 1.36. The molecule has 0 aliphatic rings. The lowest BCUT2D eigenvalue weighted by Crippen LogP contribution is -1.86. The Labute approximate surface area is 217 Å². The van der Waals surface area contributed by atoms with Gasteiger partial charge in [-0.25, -0.2) is 14.4 Å². The Kier molecular flexibility index (Phi) is 7.69. The van der Waals surface area contributed by atoms with E-state index >= 15 is 0 Å². The summed E-state index contributed by atoms with van der Waals surface area (Å²) in [5, 5.41) is 1.80. The molecule has 0 amide bonds. The summed E-state index contributed by atoms with van der Waals surface area (Å²) in [4.78, 5) is 15.5. The van der Waals surface area contributed by atoms with Crippen LogP contribution in [0.4, 0.5) is 4.39 Å². The van der Waals surface area contributed by atoms with Gasteiger partial charge in [0.1, 0.15) is 5.82 Å². The largest absolute Gasteiger partial charge is 0.333 e. The van der Waals surface area contributed by atoms with Gasteiger partial charge in [0.15, 0.2) is 10.3 Å². The first-order valence-corrected chi connectivity index (χ1v) is 13.6. The lowest BCUT2D eigenvalue weighted by molar-refractivity contribution is 0.617. The first-order chi connectivity index (χ1) is 17.6. The van der Waals surface area contributed by atoms with Crippen LogP contribution in [0.3, 0.4) is 0 Å². The lowest BCUT2D eigenvalue weighted by atomic mass is 10.2. The second kappa shape index (κ2) is 11.5. The van der Waals surface area contributed by atoms with E-state index in [-0.39, 0.29) is 5.82 Å². The van der Waals surface area contributed by atoms with Gasteiger partial charge in [0, 0.05) is 11.5 Å². The predicted molar refractivity (Wildman–Crippen MR) is 149 cm³/mol. The fourth-order valence-corrected chi connectivity index (χ4v) is 5.41. The van der Waals surface area contributed by atoms with E-state index in [4.69, 9.17) is 0 Å². The van der Waals surface area contributed by atoms with Gasteiger partial charge in [-0.2, -0.15) is 0 Å². The molecule has 7 heteroatoms. The number of imidazole rings is 2. The molecule has 0 aliphatic heterocycles. The molecule has 0 unspecified atom stereocenters. The van der Waals surface area contributed by atoms with Gasteiger partial charge >= 0.3 is 0 Å². The molecule has 4 nitrogen and oxygen atoms in total. The van der Waals surface area contributed by atoms with Gasteiger partial charge < -0.3 is 9.97 Å². The van der Waals surface area contributed by atoms with Crippen molar-refractivity contribution >= 4 is 45.6 Å². The molecule has 2 aromatic heterocycles. The number of benzene rings is 4. The molecule has 0 fully saturated rings. The zero-order chi connectivity index (χ0) is 24.7. The predicted octanol–water partition coefficient (Wildman–Crippen LogP) is 8.16. The van der Waals surface area contributed by atoms with Crippen LogP contribution in [0.1, 0.15) is 16.7 Å². The molecule has 36 heavy (non-hydrogen) atoms. The van der Waals surface area contributed by atoms with Crippen molar-refractivity contribution < 1.29 is 4.39 Å². The fourth-order valence-electron chi connectivity index (χ4n) is 3.71. The minimum absolute atomic E-state index is 0.166. The number of aryl methyl sites for hydroxylation is 1. The smallest absolute Gasteiger partial charge is 0.166 e. The molecule has 0 saturated carbocycles. The van der Waals surface area contributed by atoms with Gasteiger partial charge in [-0.05, 0) is 48.4 Å². The Morgan fingerprint density at radius 3 is 1.86 bits per heavy atom. The van der Waals surface area contributed by atoms with E-state index in [9.17, 15) is 4.39 Å².